The zero-order chi connectivity index (χ0) is 12.6. The number of esters is 1. The molecule has 0 aromatic carbocycles. The van der Waals surface area contributed by atoms with E-state index in [1.54, 1.807) is 12.3 Å². The molecule has 1 saturated carbocycles. The quantitative estimate of drug-likeness (QED) is 0.850. The number of hydrogen-bond acceptors (Lipinski definition) is 3. The van der Waals surface area contributed by atoms with Gasteiger partial charge in [0, 0.05) is 6.20 Å². The number of aromatic amines is 1. The molecule has 1 aromatic heterocycles. The van der Waals surface area contributed by atoms with Crippen LogP contribution in [0.25, 0.3) is 0 Å². The summed E-state index contributed by atoms with van der Waals surface area (Å²) in [6.07, 6.45) is 3.13. The van der Waals surface area contributed by atoms with Crippen LogP contribution in [-0.4, -0.2) is 18.1 Å². The van der Waals surface area contributed by atoms with Gasteiger partial charge in [-0.15, -0.1) is 0 Å². The number of H-pyrrole nitrogens is 1. The first-order valence-electron chi connectivity index (χ1n) is 5.47. The van der Waals surface area contributed by atoms with Gasteiger partial charge in [-0.2, -0.15) is 0 Å². The highest BCUT2D eigenvalue weighted by Gasteiger charge is 2.50. The van der Waals surface area contributed by atoms with Crippen LogP contribution in [0, 0.1) is 5.92 Å². The van der Waals surface area contributed by atoms with E-state index in [0.717, 1.165) is 18.4 Å². The van der Waals surface area contributed by atoms with E-state index in [-0.39, 0.29) is 11.5 Å². The molecule has 0 atom stereocenters. The Hall–Kier alpha value is -1.10. The molecule has 17 heavy (non-hydrogen) atoms. The van der Waals surface area contributed by atoms with Crippen LogP contribution in [0.4, 0.5) is 0 Å². The Kier molecular flexibility index (Phi) is 3.12. The Balaban J connectivity index is 2.44. The predicted molar refractivity (Wildman–Crippen MR) is 66.9 cm³/mol. The summed E-state index contributed by atoms with van der Waals surface area (Å²) in [6, 6.07) is 1.71. The standard InChI is InChI=1S/C12H14BrNO3/c1-7-4-12(5-7,11(16)17-2)8-3-9(13)10(15)14-6-8/h3,6-7H,4-5H2,1-2H3,(H,14,15). The van der Waals surface area contributed by atoms with Crippen LogP contribution in [0.5, 0.6) is 0 Å². The van der Waals surface area contributed by atoms with Gasteiger partial charge in [0.1, 0.15) is 0 Å². The van der Waals surface area contributed by atoms with Crippen molar-refractivity contribution in [2.24, 2.45) is 5.92 Å². The first kappa shape index (κ1) is 12.4. The number of hydrogen-bond donors (Lipinski definition) is 1. The fourth-order valence-electron chi connectivity index (χ4n) is 2.58. The molecule has 0 aliphatic heterocycles. The van der Waals surface area contributed by atoms with Crippen molar-refractivity contribution >= 4 is 21.9 Å². The lowest BCUT2D eigenvalue weighted by Gasteiger charge is -2.44. The van der Waals surface area contributed by atoms with Crippen LogP contribution in [-0.2, 0) is 14.9 Å². The Morgan fingerprint density at radius 3 is 2.71 bits per heavy atom. The van der Waals surface area contributed by atoms with Gasteiger partial charge in [0.15, 0.2) is 0 Å². The summed E-state index contributed by atoms with van der Waals surface area (Å²) in [6.45, 7) is 2.10. The van der Waals surface area contributed by atoms with Gasteiger partial charge in [-0.3, -0.25) is 9.59 Å². The van der Waals surface area contributed by atoms with Gasteiger partial charge in [0.05, 0.1) is 17.0 Å². The summed E-state index contributed by atoms with van der Waals surface area (Å²) in [4.78, 5) is 25.8. The van der Waals surface area contributed by atoms with E-state index in [9.17, 15) is 9.59 Å². The fraction of sp³-hybridized carbons (Fsp3) is 0.500. The third kappa shape index (κ3) is 1.92. The molecule has 2 rings (SSSR count). The van der Waals surface area contributed by atoms with E-state index in [2.05, 4.69) is 27.8 Å². The van der Waals surface area contributed by atoms with Crippen LogP contribution in [0.1, 0.15) is 25.3 Å². The van der Waals surface area contributed by atoms with Crippen LogP contribution in [0.3, 0.4) is 0 Å². The van der Waals surface area contributed by atoms with Crippen LogP contribution < -0.4 is 5.56 Å². The molecule has 0 spiro atoms. The molecular weight excluding hydrogens is 286 g/mol. The summed E-state index contributed by atoms with van der Waals surface area (Å²) in [5.41, 5.74) is 0.0380. The number of aromatic nitrogens is 1. The van der Waals surface area contributed by atoms with Gasteiger partial charge in [0.2, 0.25) is 0 Å². The molecule has 5 heteroatoms. The highest BCUT2D eigenvalue weighted by atomic mass is 79.9. The van der Waals surface area contributed by atoms with Crippen molar-refractivity contribution in [2.75, 3.05) is 7.11 Å². The molecule has 4 nitrogen and oxygen atoms in total. The second-order valence-electron chi connectivity index (χ2n) is 4.65. The number of carbonyl (C=O) groups is 1. The highest BCUT2D eigenvalue weighted by Crippen LogP contribution is 2.48. The van der Waals surface area contributed by atoms with Crippen molar-refractivity contribution in [3.05, 3.63) is 32.7 Å². The third-order valence-corrected chi connectivity index (χ3v) is 3.97. The molecule has 1 N–H and O–H groups in total. The predicted octanol–water partition coefficient (Wildman–Crippen LogP) is 1.98. The van der Waals surface area contributed by atoms with Gasteiger partial charge in [-0.05, 0) is 46.3 Å². The van der Waals surface area contributed by atoms with E-state index in [4.69, 9.17) is 4.74 Å². The average molecular weight is 300 g/mol. The van der Waals surface area contributed by atoms with E-state index >= 15 is 0 Å². The van der Waals surface area contributed by atoms with Crippen LogP contribution >= 0.6 is 15.9 Å². The van der Waals surface area contributed by atoms with Crippen LogP contribution in [0.2, 0.25) is 0 Å². The second kappa shape index (κ2) is 4.29. The molecule has 1 fully saturated rings. The molecule has 0 saturated heterocycles. The average Bonchev–Trinajstić information content (AvgIpc) is 2.27. The number of methoxy groups -OCH3 is 1. The highest BCUT2D eigenvalue weighted by molar-refractivity contribution is 9.10. The number of rotatable bonds is 2. The zero-order valence-electron chi connectivity index (χ0n) is 9.75. The largest absolute Gasteiger partial charge is 0.468 e. The summed E-state index contributed by atoms with van der Waals surface area (Å²) < 4.78 is 5.33. The lowest BCUT2D eigenvalue weighted by molar-refractivity contribution is -0.153. The lowest BCUT2D eigenvalue weighted by Crippen LogP contribution is -2.48. The van der Waals surface area contributed by atoms with Gasteiger partial charge in [-0.25, -0.2) is 0 Å². The molecule has 1 aliphatic carbocycles. The van der Waals surface area contributed by atoms with E-state index in [1.165, 1.54) is 7.11 Å². The maximum atomic E-state index is 11.9. The molecule has 1 aromatic rings. The summed E-state index contributed by atoms with van der Waals surface area (Å²) >= 11 is 3.18. The molecule has 0 radical (unpaired) electrons. The first-order chi connectivity index (χ1) is 7.99. The summed E-state index contributed by atoms with van der Waals surface area (Å²) in [5.74, 6) is 0.273. The van der Waals surface area contributed by atoms with Gasteiger partial charge >= 0.3 is 5.97 Å². The minimum absolute atomic E-state index is 0.193. The smallest absolute Gasteiger partial charge is 0.316 e. The zero-order valence-corrected chi connectivity index (χ0v) is 11.3. The van der Waals surface area contributed by atoms with Gasteiger partial charge < -0.3 is 9.72 Å². The van der Waals surface area contributed by atoms with Crippen molar-refractivity contribution in [1.29, 1.82) is 0 Å². The lowest BCUT2D eigenvalue weighted by atomic mass is 9.59. The fourth-order valence-corrected chi connectivity index (χ4v) is 2.94. The minimum atomic E-state index is -0.582. The maximum absolute atomic E-state index is 11.9. The van der Waals surface area contributed by atoms with Crippen molar-refractivity contribution < 1.29 is 9.53 Å². The van der Waals surface area contributed by atoms with E-state index in [0.29, 0.717) is 10.4 Å². The molecular formula is C12H14BrNO3. The number of carbonyl (C=O) groups excluding carboxylic acids is 1. The van der Waals surface area contributed by atoms with Crippen molar-refractivity contribution in [1.82, 2.24) is 4.98 Å². The minimum Gasteiger partial charge on any atom is -0.468 e. The molecule has 0 amide bonds. The monoisotopic (exact) mass is 299 g/mol. The van der Waals surface area contributed by atoms with E-state index < -0.39 is 5.41 Å². The number of halogens is 1. The number of nitrogens with one attached hydrogen (secondary N) is 1. The Labute approximate surface area is 108 Å². The van der Waals surface area contributed by atoms with Crippen molar-refractivity contribution in [3.8, 4) is 0 Å². The summed E-state index contributed by atoms with van der Waals surface area (Å²) in [7, 11) is 1.40. The summed E-state index contributed by atoms with van der Waals surface area (Å²) in [5, 5.41) is 0. The van der Waals surface area contributed by atoms with Crippen LogP contribution in [0.15, 0.2) is 21.5 Å². The third-order valence-electron chi connectivity index (χ3n) is 3.38. The molecule has 0 bridgehead atoms. The SMILES string of the molecule is COC(=O)C1(c2c[nH]c(=O)c(Br)c2)CC(C)C1. The van der Waals surface area contributed by atoms with Gasteiger partial charge in [0.25, 0.3) is 5.56 Å². The van der Waals surface area contributed by atoms with Gasteiger partial charge in [-0.1, -0.05) is 6.92 Å². The molecule has 0 unspecified atom stereocenters. The number of ether oxygens (including phenoxy) is 1. The first-order valence-corrected chi connectivity index (χ1v) is 6.26. The second-order valence-corrected chi connectivity index (χ2v) is 5.51. The van der Waals surface area contributed by atoms with E-state index in [1.807, 2.05) is 0 Å². The molecule has 92 valence electrons. The Morgan fingerprint density at radius 2 is 2.24 bits per heavy atom. The topological polar surface area (TPSA) is 59.2 Å². The Morgan fingerprint density at radius 1 is 1.59 bits per heavy atom. The maximum Gasteiger partial charge on any atom is 0.316 e. The molecule has 1 heterocycles. The normalized spacial score (nSPS) is 27.4. The van der Waals surface area contributed by atoms with Crippen molar-refractivity contribution in [3.63, 3.8) is 0 Å². The number of pyridine rings is 1. The van der Waals surface area contributed by atoms with Crippen molar-refractivity contribution in [2.45, 2.75) is 25.2 Å². The Bertz CT molecular complexity index is 503. The molecule has 1 aliphatic rings.